The van der Waals surface area contributed by atoms with Crippen LogP contribution in [0.1, 0.15) is 13.8 Å². The second kappa shape index (κ2) is 6.92. The van der Waals surface area contributed by atoms with Gasteiger partial charge < -0.3 is 4.74 Å². The smallest absolute Gasteiger partial charge is 0.271 e. The van der Waals surface area contributed by atoms with Crippen molar-refractivity contribution in [1.82, 2.24) is 5.32 Å². The van der Waals surface area contributed by atoms with Gasteiger partial charge in [-0.3, -0.25) is 15.4 Å². The molecule has 0 aliphatic heterocycles. The lowest BCUT2D eigenvalue weighted by Crippen LogP contribution is -2.37. The van der Waals surface area contributed by atoms with Crippen molar-refractivity contribution in [2.24, 2.45) is 0 Å². The third-order valence-corrected chi connectivity index (χ3v) is 2.52. The number of ether oxygens (including phenoxy) is 1. The highest BCUT2D eigenvalue weighted by Crippen LogP contribution is 2.28. The Labute approximate surface area is 116 Å². The maximum Gasteiger partial charge on any atom is 0.271 e. The summed E-state index contributed by atoms with van der Waals surface area (Å²) in [5.41, 5.74) is -0.102. The maximum atomic E-state index is 10.6. The van der Waals surface area contributed by atoms with Crippen molar-refractivity contribution in [2.45, 2.75) is 25.9 Å². The van der Waals surface area contributed by atoms with E-state index in [1.54, 1.807) is 0 Å². The number of hydrogen-bond acceptors (Lipinski definition) is 5. The average molecular weight is 284 g/mol. The molecular weight excluding hydrogens is 270 g/mol. The maximum absolute atomic E-state index is 10.6. The molecule has 1 atom stereocenters. The minimum absolute atomic E-state index is 0.102. The van der Waals surface area contributed by atoms with Crippen molar-refractivity contribution >= 4 is 17.3 Å². The van der Waals surface area contributed by atoms with Crippen molar-refractivity contribution in [1.29, 1.82) is 5.26 Å². The van der Waals surface area contributed by atoms with Crippen LogP contribution in [0.15, 0.2) is 18.2 Å². The second-order valence-electron chi connectivity index (χ2n) is 4.19. The highest BCUT2D eigenvalue weighted by Gasteiger charge is 2.13. The van der Waals surface area contributed by atoms with Crippen LogP contribution in [0.5, 0.6) is 5.75 Å². The number of halogens is 1. The molecule has 1 N–H and O–H groups in total. The Balaban J connectivity index is 2.68. The molecule has 0 saturated carbocycles. The van der Waals surface area contributed by atoms with Crippen LogP contribution in [-0.2, 0) is 0 Å². The van der Waals surface area contributed by atoms with E-state index in [1.165, 1.54) is 18.2 Å². The monoisotopic (exact) mass is 283 g/mol. The summed E-state index contributed by atoms with van der Waals surface area (Å²) in [6, 6.07) is 5.69. The minimum atomic E-state index is -0.534. The molecule has 0 fully saturated rings. The van der Waals surface area contributed by atoms with E-state index in [-0.39, 0.29) is 23.4 Å². The first-order chi connectivity index (χ1) is 8.93. The van der Waals surface area contributed by atoms with E-state index < -0.39 is 11.0 Å². The molecular formula is C12H14ClN3O3. The lowest BCUT2D eigenvalue weighted by atomic mass is 10.3. The molecule has 0 bridgehead atoms. The van der Waals surface area contributed by atoms with Crippen molar-refractivity contribution < 1.29 is 9.66 Å². The van der Waals surface area contributed by atoms with Gasteiger partial charge in [0.25, 0.3) is 5.69 Å². The fourth-order valence-electron chi connectivity index (χ4n) is 1.42. The molecule has 1 rings (SSSR count). The normalized spacial score (nSPS) is 11.9. The van der Waals surface area contributed by atoms with Gasteiger partial charge in [0, 0.05) is 18.2 Å². The zero-order chi connectivity index (χ0) is 14.4. The molecule has 0 saturated heterocycles. The third kappa shape index (κ3) is 4.73. The quantitative estimate of drug-likeness (QED) is 0.640. The summed E-state index contributed by atoms with van der Waals surface area (Å²) in [5.74, 6) is 0.318. The van der Waals surface area contributed by atoms with Gasteiger partial charge in [-0.15, -0.1) is 0 Å². The van der Waals surface area contributed by atoms with Crippen LogP contribution in [-0.4, -0.2) is 23.6 Å². The van der Waals surface area contributed by atoms with Gasteiger partial charge in [0.05, 0.1) is 16.0 Å². The molecule has 1 unspecified atom stereocenters. The van der Waals surface area contributed by atoms with Crippen molar-refractivity contribution in [3.63, 3.8) is 0 Å². The first kappa shape index (κ1) is 15.2. The molecule has 1 aromatic carbocycles. The number of hydrogen-bond donors (Lipinski definition) is 1. The highest BCUT2D eigenvalue weighted by atomic mass is 35.5. The molecule has 0 aliphatic rings. The molecule has 0 radical (unpaired) electrons. The predicted molar refractivity (Wildman–Crippen MR) is 71.3 cm³/mol. The van der Waals surface area contributed by atoms with Crippen LogP contribution in [0, 0.1) is 21.4 Å². The van der Waals surface area contributed by atoms with Gasteiger partial charge in [-0.1, -0.05) is 11.6 Å². The molecule has 1 aromatic rings. The van der Waals surface area contributed by atoms with Crippen LogP contribution in [0.4, 0.5) is 5.69 Å². The molecule has 7 heteroatoms. The SMILES string of the molecule is CC(C)NC(C#N)COc1ccc([N+](=O)[O-])cc1Cl. The first-order valence-corrected chi connectivity index (χ1v) is 6.04. The third-order valence-electron chi connectivity index (χ3n) is 2.22. The summed E-state index contributed by atoms with van der Waals surface area (Å²) in [6.07, 6.45) is 0. The van der Waals surface area contributed by atoms with E-state index >= 15 is 0 Å². The van der Waals surface area contributed by atoms with E-state index in [4.69, 9.17) is 21.6 Å². The Kier molecular flexibility index (Phi) is 5.55. The Morgan fingerprint density at radius 3 is 2.74 bits per heavy atom. The molecule has 0 aliphatic carbocycles. The lowest BCUT2D eigenvalue weighted by molar-refractivity contribution is -0.384. The van der Waals surface area contributed by atoms with Crippen LogP contribution < -0.4 is 10.1 Å². The number of benzene rings is 1. The van der Waals surface area contributed by atoms with Crippen LogP contribution in [0.25, 0.3) is 0 Å². The Hall–Kier alpha value is -1.84. The summed E-state index contributed by atoms with van der Waals surface area (Å²) >= 11 is 5.87. The van der Waals surface area contributed by atoms with E-state index in [0.717, 1.165) is 0 Å². The number of non-ortho nitro benzene ring substituents is 1. The van der Waals surface area contributed by atoms with Gasteiger partial charge in [0.15, 0.2) is 0 Å². The fraction of sp³-hybridized carbons (Fsp3) is 0.417. The van der Waals surface area contributed by atoms with Crippen LogP contribution >= 0.6 is 11.6 Å². The molecule has 19 heavy (non-hydrogen) atoms. The zero-order valence-electron chi connectivity index (χ0n) is 10.6. The number of nitro benzene ring substituents is 1. The van der Waals surface area contributed by atoms with E-state index in [0.29, 0.717) is 5.75 Å². The number of nitriles is 1. The summed E-state index contributed by atoms with van der Waals surface area (Å²) in [7, 11) is 0. The standard InChI is InChI=1S/C12H14ClN3O3/c1-8(2)15-9(6-14)7-19-12-4-3-10(16(17)18)5-11(12)13/h3-5,8-9,15H,7H2,1-2H3. The topological polar surface area (TPSA) is 88.2 Å². The molecule has 102 valence electrons. The minimum Gasteiger partial charge on any atom is -0.489 e. The number of nitrogens with zero attached hydrogens (tertiary/aromatic N) is 2. The van der Waals surface area contributed by atoms with Gasteiger partial charge >= 0.3 is 0 Å². The van der Waals surface area contributed by atoms with Crippen LogP contribution in [0.3, 0.4) is 0 Å². The molecule has 6 nitrogen and oxygen atoms in total. The molecule has 0 amide bonds. The molecule has 0 heterocycles. The summed E-state index contributed by atoms with van der Waals surface area (Å²) in [4.78, 5) is 10.0. The largest absolute Gasteiger partial charge is 0.489 e. The lowest BCUT2D eigenvalue weighted by Gasteiger charge is -2.15. The highest BCUT2D eigenvalue weighted by molar-refractivity contribution is 6.32. The fourth-order valence-corrected chi connectivity index (χ4v) is 1.65. The first-order valence-electron chi connectivity index (χ1n) is 5.66. The van der Waals surface area contributed by atoms with Crippen molar-refractivity contribution in [3.8, 4) is 11.8 Å². The summed E-state index contributed by atoms with van der Waals surface area (Å²) in [5, 5.41) is 22.6. The second-order valence-corrected chi connectivity index (χ2v) is 4.59. The van der Waals surface area contributed by atoms with Crippen molar-refractivity contribution in [2.75, 3.05) is 6.61 Å². The number of nitrogens with one attached hydrogen (secondary N) is 1. The number of rotatable bonds is 6. The van der Waals surface area contributed by atoms with Gasteiger partial charge in [-0.25, -0.2) is 0 Å². The molecule has 0 aromatic heterocycles. The van der Waals surface area contributed by atoms with Gasteiger partial charge in [0.2, 0.25) is 0 Å². The van der Waals surface area contributed by atoms with Crippen LogP contribution in [0.2, 0.25) is 5.02 Å². The van der Waals surface area contributed by atoms with Gasteiger partial charge in [-0.2, -0.15) is 5.26 Å². The Bertz CT molecular complexity index is 499. The summed E-state index contributed by atoms with van der Waals surface area (Å²) in [6.45, 7) is 3.96. The van der Waals surface area contributed by atoms with Gasteiger partial charge in [0.1, 0.15) is 18.4 Å². The van der Waals surface area contributed by atoms with Gasteiger partial charge in [-0.05, 0) is 19.9 Å². The predicted octanol–water partition coefficient (Wildman–Crippen LogP) is 2.52. The zero-order valence-corrected chi connectivity index (χ0v) is 11.3. The Morgan fingerprint density at radius 2 is 2.26 bits per heavy atom. The average Bonchev–Trinajstić information content (AvgIpc) is 2.34. The number of nitro groups is 1. The van der Waals surface area contributed by atoms with E-state index in [2.05, 4.69) is 11.4 Å². The van der Waals surface area contributed by atoms with E-state index in [1.807, 2.05) is 13.8 Å². The van der Waals surface area contributed by atoms with E-state index in [9.17, 15) is 10.1 Å². The Morgan fingerprint density at radius 1 is 1.58 bits per heavy atom. The van der Waals surface area contributed by atoms with Crippen molar-refractivity contribution in [3.05, 3.63) is 33.3 Å². The summed E-state index contributed by atoms with van der Waals surface area (Å²) < 4.78 is 5.39. The molecule has 0 spiro atoms.